The van der Waals surface area contributed by atoms with E-state index in [9.17, 15) is 9.59 Å². The minimum absolute atomic E-state index is 0.0231. The first-order chi connectivity index (χ1) is 10.1. The van der Waals surface area contributed by atoms with Crippen LogP contribution in [0.15, 0.2) is 47.3 Å². The summed E-state index contributed by atoms with van der Waals surface area (Å²) in [5.41, 5.74) is 6.28. The summed E-state index contributed by atoms with van der Waals surface area (Å²) in [7, 11) is 0. The normalized spacial score (nSPS) is 12.6. The molecule has 0 saturated heterocycles. The van der Waals surface area contributed by atoms with Crippen LogP contribution in [0.2, 0.25) is 0 Å². The molecule has 1 atom stereocenters. The highest BCUT2D eigenvalue weighted by Crippen LogP contribution is 2.25. The van der Waals surface area contributed by atoms with E-state index in [0.29, 0.717) is 10.8 Å². The van der Waals surface area contributed by atoms with Crippen LogP contribution in [-0.4, -0.2) is 17.1 Å². The lowest BCUT2D eigenvalue weighted by Crippen LogP contribution is -2.32. The van der Waals surface area contributed by atoms with Crippen molar-refractivity contribution in [2.24, 2.45) is 5.73 Å². The number of carboxylic acids is 1. The molecule has 0 aliphatic heterocycles. The van der Waals surface area contributed by atoms with Crippen LogP contribution in [-0.2, 0) is 11.2 Å². The minimum Gasteiger partial charge on any atom is -0.480 e. The molecule has 1 unspecified atom stereocenters. The van der Waals surface area contributed by atoms with E-state index in [1.807, 2.05) is 36.4 Å². The van der Waals surface area contributed by atoms with Crippen molar-refractivity contribution in [3.8, 4) is 0 Å². The molecule has 0 fully saturated rings. The zero-order valence-corrected chi connectivity index (χ0v) is 11.9. The Labute approximate surface area is 124 Å². The van der Waals surface area contributed by atoms with E-state index in [1.54, 1.807) is 17.4 Å². The lowest BCUT2D eigenvalue weighted by atomic mass is 10.0. The van der Waals surface area contributed by atoms with Crippen molar-refractivity contribution in [2.45, 2.75) is 12.5 Å². The smallest absolute Gasteiger partial charge is 0.320 e. The molecule has 0 amide bonds. The topological polar surface area (TPSA) is 80.4 Å². The van der Waals surface area contributed by atoms with E-state index in [1.165, 1.54) is 0 Å². The number of rotatable bonds is 3. The number of carbonyl (C=O) groups is 1. The number of benzene rings is 2. The van der Waals surface area contributed by atoms with Crippen molar-refractivity contribution in [3.05, 3.63) is 58.3 Å². The van der Waals surface area contributed by atoms with Gasteiger partial charge < -0.3 is 10.8 Å². The monoisotopic (exact) mass is 299 g/mol. The Hall–Kier alpha value is -2.24. The molecule has 0 aliphatic carbocycles. The van der Waals surface area contributed by atoms with E-state index in [-0.39, 0.29) is 11.8 Å². The number of fused-ring (bicyclic) bond motifs is 2. The molecule has 106 valence electrons. The number of hydrogen-bond acceptors (Lipinski definition) is 4. The van der Waals surface area contributed by atoms with Crippen LogP contribution in [0.25, 0.3) is 20.2 Å². The molecule has 0 spiro atoms. The molecule has 4 nitrogen and oxygen atoms in total. The van der Waals surface area contributed by atoms with Crippen molar-refractivity contribution in [1.82, 2.24) is 0 Å². The highest BCUT2D eigenvalue weighted by atomic mass is 32.1. The number of carboxylic acid groups (broad SMARTS) is 1. The summed E-state index contributed by atoms with van der Waals surface area (Å²) in [5.74, 6) is -1.04. The van der Waals surface area contributed by atoms with Crippen molar-refractivity contribution < 1.29 is 9.90 Å². The summed E-state index contributed by atoms with van der Waals surface area (Å²) in [5, 5.41) is 10.2. The first kappa shape index (κ1) is 13.7. The maximum Gasteiger partial charge on any atom is 0.320 e. The fourth-order valence-electron chi connectivity index (χ4n) is 2.32. The van der Waals surface area contributed by atoms with Gasteiger partial charge in [0.25, 0.3) is 0 Å². The quantitative estimate of drug-likeness (QED) is 0.728. The summed E-state index contributed by atoms with van der Waals surface area (Å²) < 4.78 is 1.84. The van der Waals surface area contributed by atoms with Gasteiger partial charge in [-0.3, -0.25) is 9.59 Å². The summed E-state index contributed by atoms with van der Waals surface area (Å²) in [6.45, 7) is 0. The Balaban J connectivity index is 2.17. The fraction of sp³-hybridized carbons (Fsp3) is 0.125. The average Bonchev–Trinajstić information content (AvgIpc) is 2.48. The second-order valence-electron chi connectivity index (χ2n) is 4.91. The third-order valence-electron chi connectivity index (χ3n) is 3.41. The molecule has 0 saturated carbocycles. The maximum atomic E-state index is 12.5. The zero-order valence-electron chi connectivity index (χ0n) is 11.1. The van der Waals surface area contributed by atoms with E-state index >= 15 is 0 Å². The van der Waals surface area contributed by atoms with E-state index in [0.717, 1.165) is 15.0 Å². The van der Waals surface area contributed by atoms with Crippen LogP contribution in [0.3, 0.4) is 0 Å². The van der Waals surface area contributed by atoms with Gasteiger partial charge in [-0.1, -0.05) is 18.2 Å². The van der Waals surface area contributed by atoms with Crippen molar-refractivity contribution in [1.29, 1.82) is 0 Å². The van der Waals surface area contributed by atoms with Gasteiger partial charge in [0.05, 0.1) is 0 Å². The molecule has 1 aromatic heterocycles. The molecule has 3 aromatic rings. The Kier molecular flexibility index (Phi) is 3.45. The van der Waals surface area contributed by atoms with Gasteiger partial charge in [-0.25, -0.2) is 0 Å². The standard InChI is InChI=1S/C16H13NO3S/c17-12(16(19)20)8-9-5-6-14-11(7-9)15(18)10-3-1-2-4-13(10)21-14/h1-7,12H,8,17H2,(H,19,20). The predicted octanol–water partition coefficient (Wildman–Crippen LogP) is 2.37. The minimum atomic E-state index is -1.04. The molecule has 0 bridgehead atoms. The Morgan fingerprint density at radius 2 is 1.86 bits per heavy atom. The summed E-state index contributed by atoms with van der Waals surface area (Å²) in [4.78, 5) is 23.3. The van der Waals surface area contributed by atoms with Crippen molar-refractivity contribution >= 4 is 37.5 Å². The molecular weight excluding hydrogens is 286 g/mol. The first-order valence-electron chi connectivity index (χ1n) is 6.49. The van der Waals surface area contributed by atoms with Gasteiger partial charge in [-0.15, -0.1) is 11.3 Å². The zero-order chi connectivity index (χ0) is 15.0. The molecule has 21 heavy (non-hydrogen) atoms. The Morgan fingerprint density at radius 3 is 2.62 bits per heavy atom. The summed E-state index contributed by atoms with van der Waals surface area (Å²) in [6.07, 6.45) is 0.211. The average molecular weight is 299 g/mol. The SMILES string of the molecule is NC(Cc1ccc2sc3ccccc3c(=O)c2c1)C(=O)O. The van der Waals surface area contributed by atoms with Gasteiger partial charge in [-0.2, -0.15) is 0 Å². The Morgan fingerprint density at radius 1 is 1.14 bits per heavy atom. The highest BCUT2D eigenvalue weighted by molar-refractivity contribution is 7.24. The van der Waals surface area contributed by atoms with Crippen LogP contribution in [0, 0.1) is 0 Å². The van der Waals surface area contributed by atoms with E-state index in [4.69, 9.17) is 10.8 Å². The molecular formula is C16H13NO3S. The molecule has 0 aliphatic rings. The van der Waals surface area contributed by atoms with Gasteiger partial charge in [0, 0.05) is 20.2 Å². The van der Waals surface area contributed by atoms with Crippen LogP contribution in [0.4, 0.5) is 0 Å². The lowest BCUT2D eigenvalue weighted by molar-refractivity contribution is -0.138. The number of hydrogen-bond donors (Lipinski definition) is 2. The number of nitrogens with two attached hydrogens (primary N) is 1. The third kappa shape index (κ3) is 2.53. The fourth-order valence-corrected chi connectivity index (χ4v) is 3.37. The predicted molar refractivity (Wildman–Crippen MR) is 84.9 cm³/mol. The highest BCUT2D eigenvalue weighted by Gasteiger charge is 2.13. The van der Waals surface area contributed by atoms with Gasteiger partial charge in [0.2, 0.25) is 0 Å². The van der Waals surface area contributed by atoms with Gasteiger partial charge >= 0.3 is 5.97 Å². The van der Waals surface area contributed by atoms with Gasteiger partial charge in [0.15, 0.2) is 5.43 Å². The van der Waals surface area contributed by atoms with Crippen LogP contribution >= 0.6 is 11.3 Å². The molecule has 5 heteroatoms. The maximum absolute atomic E-state index is 12.5. The van der Waals surface area contributed by atoms with Crippen molar-refractivity contribution in [2.75, 3.05) is 0 Å². The molecule has 3 N–H and O–H groups in total. The second kappa shape index (κ2) is 5.27. The van der Waals surface area contributed by atoms with E-state index in [2.05, 4.69) is 0 Å². The largest absolute Gasteiger partial charge is 0.480 e. The molecule has 0 radical (unpaired) electrons. The van der Waals surface area contributed by atoms with Crippen LogP contribution in [0.1, 0.15) is 5.56 Å². The van der Waals surface area contributed by atoms with Crippen LogP contribution < -0.4 is 11.2 Å². The summed E-state index contributed by atoms with van der Waals surface area (Å²) in [6, 6.07) is 12.0. The molecule has 2 aromatic carbocycles. The van der Waals surface area contributed by atoms with Gasteiger partial charge in [-0.05, 0) is 36.2 Å². The Bertz CT molecular complexity index is 901. The third-order valence-corrected chi connectivity index (χ3v) is 4.56. The summed E-state index contributed by atoms with van der Waals surface area (Å²) >= 11 is 1.55. The van der Waals surface area contributed by atoms with Gasteiger partial charge in [0.1, 0.15) is 6.04 Å². The van der Waals surface area contributed by atoms with E-state index < -0.39 is 12.0 Å². The molecule has 3 rings (SSSR count). The molecule has 1 heterocycles. The number of aliphatic carboxylic acids is 1. The first-order valence-corrected chi connectivity index (χ1v) is 7.31. The second-order valence-corrected chi connectivity index (χ2v) is 5.99. The lowest BCUT2D eigenvalue weighted by Gasteiger charge is -2.07. The van der Waals surface area contributed by atoms with Crippen molar-refractivity contribution in [3.63, 3.8) is 0 Å². The van der Waals surface area contributed by atoms with Crippen LogP contribution in [0.5, 0.6) is 0 Å².